The quantitative estimate of drug-likeness (QED) is 0.396. The van der Waals surface area contributed by atoms with Crippen molar-refractivity contribution in [1.82, 2.24) is 10.2 Å². The second-order valence-electron chi connectivity index (χ2n) is 3.78. The summed E-state index contributed by atoms with van der Waals surface area (Å²) in [6.07, 6.45) is 0. The van der Waals surface area contributed by atoms with E-state index in [1.807, 2.05) is 0 Å². The molecule has 0 aliphatic rings. The number of carbonyl (C=O) groups excluding carboxylic acids is 2. The molecule has 0 aromatic heterocycles. The normalized spacial score (nSPS) is 10.3. The molecule has 0 aromatic carbocycles. The van der Waals surface area contributed by atoms with Crippen LogP contribution in [0.5, 0.6) is 0 Å². The number of amides is 1. The number of nitrogens with one attached hydrogen (secondary N) is 1. The van der Waals surface area contributed by atoms with Crippen molar-refractivity contribution >= 4 is 11.9 Å². The molecule has 0 spiro atoms. The van der Waals surface area contributed by atoms with Crippen LogP contribution in [0.3, 0.4) is 0 Å². The molecule has 1 amide bonds. The minimum Gasteiger partial charge on any atom is -0.465 e. The van der Waals surface area contributed by atoms with Crippen LogP contribution in [0, 0.1) is 0 Å². The number of hydrogen-bond acceptors (Lipinski definition) is 6. The Bertz CT molecular complexity index is 261. The molecule has 0 unspecified atom stereocenters. The molecule has 0 aliphatic carbocycles. The molecule has 0 saturated heterocycles. The zero-order valence-electron chi connectivity index (χ0n) is 11.9. The van der Waals surface area contributed by atoms with Gasteiger partial charge in [-0.3, -0.25) is 9.59 Å². The number of hydrogen-bond donors (Lipinski definition) is 1. The number of nitrogens with zero attached hydrogens (tertiary/aromatic N) is 1. The van der Waals surface area contributed by atoms with Crippen molar-refractivity contribution in [3.63, 3.8) is 0 Å². The van der Waals surface area contributed by atoms with E-state index in [0.29, 0.717) is 32.9 Å². The summed E-state index contributed by atoms with van der Waals surface area (Å²) in [5.74, 6) is -0.579. The van der Waals surface area contributed by atoms with E-state index >= 15 is 0 Å². The number of ether oxygens (including phenoxy) is 3. The van der Waals surface area contributed by atoms with Crippen molar-refractivity contribution in [3.05, 3.63) is 0 Å². The largest absolute Gasteiger partial charge is 0.465 e. The average molecular weight is 276 g/mol. The van der Waals surface area contributed by atoms with E-state index in [9.17, 15) is 9.59 Å². The maximum absolute atomic E-state index is 11.9. The van der Waals surface area contributed by atoms with Gasteiger partial charge in [-0.1, -0.05) is 0 Å². The highest BCUT2D eigenvalue weighted by Crippen LogP contribution is 1.92. The molecule has 0 heterocycles. The molecule has 19 heavy (non-hydrogen) atoms. The third-order valence-corrected chi connectivity index (χ3v) is 2.30. The zero-order chi connectivity index (χ0) is 14.5. The molecular weight excluding hydrogens is 252 g/mol. The van der Waals surface area contributed by atoms with Gasteiger partial charge in [-0.15, -0.1) is 0 Å². The Kier molecular flexibility index (Phi) is 11.1. The molecule has 0 rings (SSSR count). The predicted molar refractivity (Wildman–Crippen MR) is 69.8 cm³/mol. The van der Waals surface area contributed by atoms with Crippen molar-refractivity contribution in [3.8, 4) is 0 Å². The van der Waals surface area contributed by atoms with Crippen molar-refractivity contribution < 1.29 is 23.8 Å². The van der Waals surface area contributed by atoms with Gasteiger partial charge in [0, 0.05) is 27.3 Å². The van der Waals surface area contributed by atoms with Crippen LogP contribution in [0.4, 0.5) is 0 Å². The van der Waals surface area contributed by atoms with Crippen LogP contribution in [0.2, 0.25) is 0 Å². The summed E-state index contributed by atoms with van der Waals surface area (Å²) in [4.78, 5) is 24.7. The summed E-state index contributed by atoms with van der Waals surface area (Å²) < 4.78 is 14.6. The van der Waals surface area contributed by atoms with Gasteiger partial charge in [-0.2, -0.15) is 0 Å². The molecule has 112 valence electrons. The Hall–Kier alpha value is -1.18. The molecule has 0 aromatic rings. The molecule has 1 N–H and O–H groups in total. The summed E-state index contributed by atoms with van der Waals surface area (Å²) >= 11 is 0. The van der Waals surface area contributed by atoms with Gasteiger partial charge in [0.2, 0.25) is 5.91 Å². The van der Waals surface area contributed by atoms with Crippen LogP contribution in [0.15, 0.2) is 0 Å². The van der Waals surface area contributed by atoms with E-state index in [4.69, 9.17) is 14.2 Å². The molecule has 7 nitrogen and oxygen atoms in total. The number of carbonyl (C=O) groups is 2. The molecule has 7 heteroatoms. The van der Waals surface area contributed by atoms with Crippen molar-refractivity contribution in [1.29, 1.82) is 0 Å². The second kappa shape index (κ2) is 11.9. The predicted octanol–water partition coefficient (Wildman–Crippen LogP) is -0.739. The lowest BCUT2D eigenvalue weighted by Gasteiger charge is -2.21. The Morgan fingerprint density at radius 1 is 1.16 bits per heavy atom. The lowest BCUT2D eigenvalue weighted by Crippen LogP contribution is -2.43. The van der Waals surface area contributed by atoms with Gasteiger partial charge in [-0.05, 0) is 6.92 Å². The minimum atomic E-state index is -0.413. The van der Waals surface area contributed by atoms with Gasteiger partial charge in [0.05, 0.1) is 26.4 Å². The Labute approximate surface area is 114 Å². The second-order valence-corrected chi connectivity index (χ2v) is 3.78. The van der Waals surface area contributed by atoms with Crippen LogP contribution in [0.25, 0.3) is 0 Å². The standard InChI is InChI=1S/C12H24N2O5/c1-4-19-12(16)10-14(6-8-18-3)11(15)9-13-5-7-17-2/h13H,4-10H2,1-3H3. The van der Waals surface area contributed by atoms with Gasteiger partial charge >= 0.3 is 5.97 Å². The van der Waals surface area contributed by atoms with Crippen LogP contribution in [-0.4, -0.2) is 77.0 Å². The first-order valence-electron chi connectivity index (χ1n) is 6.27. The highest BCUT2D eigenvalue weighted by Gasteiger charge is 2.17. The Morgan fingerprint density at radius 2 is 1.84 bits per heavy atom. The maximum Gasteiger partial charge on any atom is 0.325 e. The van der Waals surface area contributed by atoms with Crippen molar-refractivity contribution in [2.24, 2.45) is 0 Å². The molecule has 0 fully saturated rings. The molecule has 0 saturated carbocycles. The Balaban J connectivity index is 4.14. The highest BCUT2D eigenvalue weighted by molar-refractivity contribution is 5.83. The van der Waals surface area contributed by atoms with Crippen LogP contribution in [0.1, 0.15) is 6.92 Å². The summed E-state index contributed by atoms with van der Waals surface area (Å²) in [5, 5.41) is 2.94. The first-order valence-corrected chi connectivity index (χ1v) is 6.27. The van der Waals surface area contributed by atoms with Gasteiger partial charge in [-0.25, -0.2) is 0 Å². The van der Waals surface area contributed by atoms with Crippen LogP contribution >= 0.6 is 0 Å². The molecule has 0 atom stereocenters. The van der Waals surface area contributed by atoms with E-state index in [-0.39, 0.29) is 19.0 Å². The SMILES string of the molecule is CCOC(=O)CN(CCOC)C(=O)CNCCOC. The topological polar surface area (TPSA) is 77.1 Å². The molecule has 0 bridgehead atoms. The fraction of sp³-hybridized carbons (Fsp3) is 0.833. The lowest BCUT2D eigenvalue weighted by atomic mass is 10.4. The highest BCUT2D eigenvalue weighted by atomic mass is 16.5. The van der Waals surface area contributed by atoms with Gasteiger partial charge in [0.25, 0.3) is 0 Å². The van der Waals surface area contributed by atoms with Crippen LogP contribution in [-0.2, 0) is 23.8 Å². The first kappa shape index (κ1) is 17.8. The fourth-order valence-electron chi connectivity index (χ4n) is 1.34. The Morgan fingerprint density at radius 3 is 2.42 bits per heavy atom. The minimum absolute atomic E-state index is 0.0536. The summed E-state index contributed by atoms with van der Waals surface area (Å²) in [7, 11) is 3.14. The van der Waals surface area contributed by atoms with E-state index in [0.717, 1.165) is 0 Å². The first-order chi connectivity index (χ1) is 9.15. The molecule has 0 aliphatic heterocycles. The van der Waals surface area contributed by atoms with Crippen LogP contribution < -0.4 is 5.32 Å². The maximum atomic E-state index is 11.9. The number of methoxy groups -OCH3 is 2. The van der Waals surface area contributed by atoms with Gasteiger partial charge in [0.15, 0.2) is 0 Å². The smallest absolute Gasteiger partial charge is 0.325 e. The summed E-state index contributed by atoms with van der Waals surface area (Å²) in [6.45, 7) is 3.99. The monoisotopic (exact) mass is 276 g/mol. The average Bonchev–Trinajstić information content (AvgIpc) is 2.39. The summed E-state index contributed by atoms with van der Waals surface area (Å²) in [5.41, 5.74) is 0. The van der Waals surface area contributed by atoms with E-state index in [1.54, 1.807) is 21.1 Å². The van der Waals surface area contributed by atoms with Crippen molar-refractivity contribution in [2.45, 2.75) is 6.92 Å². The molecule has 0 radical (unpaired) electrons. The van der Waals surface area contributed by atoms with E-state index in [2.05, 4.69) is 5.32 Å². The van der Waals surface area contributed by atoms with E-state index < -0.39 is 5.97 Å². The van der Waals surface area contributed by atoms with Gasteiger partial charge in [0.1, 0.15) is 6.54 Å². The third kappa shape index (κ3) is 9.40. The molecular formula is C12H24N2O5. The number of esters is 1. The van der Waals surface area contributed by atoms with Gasteiger partial charge < -0.3 is 24.4 Å². The van der Waals surface area contributed by atoms with E-state index in [1.165, 1.54) is 4.90 Å². The number of rotatable bonds is 11. The summed E-state index contributed by atoms with van der Waals surface area (Å²) in [6, 6.07) is 0. The zero-order valence-corrected chi connectivity index (χ0v) is 11.9. The fourth-order valence-corrected chi connectivity index (χ4v) is 1.34. The third-order valence-electron chi connectivity index (χ3n) is 2.30. The lowest BCUT2D eigenvalue weighted by molar-refractivity contribution is -0.149. The van der Waals surface area contributed by atoms with Crippen molar-refractivity contribution in [2.75, 3.05) is 60.2 Å².